The van der Waals surface area contributed by atoms with Gasteiger partial charge < -0.3 is 5.73 Å². The SMILES string of the molecule is Nc1ccc(-c2ccc(N(NC(=S)NC(=O)c3ccccc3)NC(=S)NC(=O)c3ccccc3)c(Cl)c2)cc1Cl. The molecule has 0 radical (unpaired) electrons. The van der Waals surface area contributed by atoms with E-state index >= 15 is 0 Å². The standard InChI is InChI=1S/C28H22Cl2N6O2S2/c29-21-15-19(11-13-23(21)31)20-12-14-24(22(30)16-20)36(34-27(39)32-25(37)17-7-3-1-4-8-17)35-28(40)33-26(38)18-9-5-2-6-10-18/h1-16H,31H2,(H2,32,34,37,39)(H2,33,35,38,40). The van der Waals surface area contributed by atoms with E-state index in [-0.39, 0.29) is 10.2 Å². The Hall–Kier alpha value is -4.22. The van der Waals surface area contributed by atoms with Crippen LogP contribution in [0, 0.1) is 0 Å². The highest BCUT2D eigenvalue weighted by atomic mass is 35.5. The maximum Gasteiger partial charge on any atom is 0.257 e. The van der Waals surface area contributed by atoms with Crippen molar-refractivity contribution in [3.63, 3.8) is 0 Å². The Labute approximate surface area is 251 Å². The van der Waals surface area contributed by atoms with E-state index in [0.29, 0.717) is 32.5 Å². The molecule has 202 valence electrons. The van der Waals surface area contributed by atoms with Gasteiger partial charge in [0.1, 0.15) is 0 Å². The molecule has 0 bridgehead atoms. The number of rotatable bonds is 6. The number of anilines is 2. The number of benzene rings is 4. The van der Waals surface area contributed by atoms with Crippen molar-refractivity contribution >= 4 is 81.1 Å². The quantitative estimate of drug-likeness (QED) is 0.111. The average Bonchev–Trinajstić information content (AvgIpc) is 2.95. The maximum absolute atomic E-state index is 12.6. The third-order valence-corrected chi connectivity index (χ3v) is 6.49. The summed E-state index contributed by atoms with van der Waals surface area (Å²) in [7, 11) is 0. The van der Waals surface area contributed by atoms with Crippen LogP contribution < -0.4 is 32.3 Å². The van der Waals surface area contributed by atoms with Gasteiger partial charge in [0, 0.05) is 11.1 Å². The summed E-state index contributed by atoms with van der Waals surface area (Å²) >= 11 is 23.6. The number of hydrogen-bond acceptors (Lipinski definition) is 6. The molecule has 4 aromatic carbocycles. The van der Waals surface area contributed by atoms with Gasteiger partial charge in [-0.25, -0.2) is 0 Å². The van der Waals surface area contributed by atoms with E-state index < -0.39 is 11.8 Å². The fourth-order valence-corrected chi connectivity index (χ4v) is 4.33. The molecule has 0 aliphatic carbocycles. The lowest BCUT2D eigenvalue weighted by Crippen LogP contribution is -2.59. The molecule has 0 heterocycles. The van der Waals surface area contributed by atoms with Crippen LogP contribution in [0.25, 0.3) is 11.1 Å². The monoisotopic (exact) mass is 608 g/mol. The number of hydrazine groups is 2. The lowest BCUT2D eigenvalue weighted by Gasteiger charge is -2.28. The predicted octanol–water partition coefficient (Wildman–Crippen LogP) is 5.49. The Morgan fingerprint density at radius 2 is 1.10 bits per heavy atom. The van der Waals surface area contributed by atoms with Gasteiger partial charge in [-0.1, -0.05) is 71.7 Å². The molecule has 0 aliphatic rings. The number of hydrogen-bond donors (Lipinski definition) is 5. The number of carbonyl (C=O) groups excluding carboxylic acids is 2. The number of nitrogens with two attached hydrogens (primary N) is 1. The molecule has 0 saturated carbocycles. The van der Waals surface area contributed by atoms with Crippen LogP contribution in [0.2, 0.25) is 10.0 Å². The molecule has 0 unspecified atom stereocenters. The molecule has 0 aliphatic heterocycles. The predicted molar refractivity (Wildman–Crippen MR) is 168 cm³/mol. The van der Waals surface area contributed by atoms with Crippen molar-refractivity contribution < 1.29 is 9.59 Å². The fourth-order valence-electron chi connectivity index (χ4n) is 3.51. The summed E-state index contributed by atoms with van der Waals surface area (Å²) in [4.78, 5) is 25.2. The van der Waals surface area contributed by atoms with Gasteiger partial charge in [0.15, 0.2) is 10.2 Å². The topological polar surface area (TPSA) is 112 Å². The van der Waals surface area contributed by atoms with Crippen molar-refractivity contribution in [1.82, 2.24) is 21.5 Å². The second-order valence-corrected chi connectivity index (χ2v) is 9.89. The van der Waals surface area contributed by atoms with Crippen LogP contribution in [-0.4, -0.2) is 22.0 Å². The molecule has 0 atom stereocenters. The summed E-state index contributed by atoms with van der Waals surface area (Å²) in [6, 6.07) is 27.6. The normalized spacial score (nSPS) is 10.2. The highest BCUT2D eigenvalue weighted by molar-refractivity contribution is 7.80. The summed E-state index contributed by atoms with van der Waals surface area (Å²) in [6.07, 6.45) is 0. The Kier molecular flexibility index (Phi) is 9.52. The van der Waals surface area contributed by atoms with E-state index in [1.165, 1.54) is 5.12 Å². The van der Waals surface area contributed by atoms with Crippen molar-refractivity contribution in [2.45, 2.75) is 0 Å². The van der Waals surface area contributed by atoms with Crippen molar-refractivity contribution in [3.05, 3.63) is 118 Å². The molecule has 0 aromatic heterocycles. The van der Waals surface area contributed by atoms with Crippen LogP contribution in [0.3, 0.4) is 0 Å². The number of halogens is 2. The summed E-state index contributed by atoms with van der Waals surface area (Å²) in [5.41, 5.74) is 14.8. The van der Waals surface area contributed by atoms with Crippen molar-refractivity contribution in [1.29, 1.82) is 0 Å². The highest BCUT2D eigenvalue weighted by Crippen LogP contribution is 2.32. The Bertz CT molecular complexity index is 1500. The van der Waals surface area contributed by atoms with Gasteiger partial charge in [0.2, 0.25) is 0 Å². The molecular weight excluding hydrogens is 587 g/mol. The van der Waals surface area contributed by atoms with E-state index in [0.717, 1.165) is 11.1 Å². The van der Waals surface area contributed by atoms with E-state index in [2.05, 4.69) is 21.5 Å². The van der Waals surface area contributed by atoms with Crippen LogP contribution in [0.5, 0.6) is 0 Å². The molecule has 4 aromatic rings. The van der Waals surface area contributed by atoms with Crippen LogP contribution >= 0.6 is 47.6 Å². The van der Waals surface area contributed by atoms with Crippen LogP contribution in [0.15, 0.2) is 97.1 Å². The second-order valence-electron chi connectivity index (χ2n) is 8.26. The minimum atomic E-state index is -0.417. The molecule has 8 nitrogen and oxygen atoms in total. The first-order valence-electron chi connectivity index (χ1n) is 11.7. The summed E-state index contributed by atoms with van der Waals surface area (Å²) in [5.74, 6) is -0.834. The van der Waals surface area contributed by atoms with E-state index in [9.17, 15) is 9.59 Å². The highest BCUT2D eigenvalue weighted by Gasteiger charge is 2.18. The lowest BCUT2D eigenvalue weighted by atomic mass is 10.0. The van der Waals surface area contributed by atoms with Crippen LogP contribution in [-0.2, 0) is 0 Å². The van der Waals surface area contributed by atoms with Crippen molar-refractivity contribution in [2.24, 2.45) is 0 Å². The first-order valence-corrected chi connectivity index (χ1v) is 13.3. The fraction of sp³-hybridized carbons (Fsp3) is 0. The zero-order valence-corrected chi connectivity index (χ0v) is 23.8. The van der Waals surface area contributed by atoms with Gasteiger partial charge in [0.05, 0.1) is 21.4 Å². The van der Waals surface area contributed by atoms with Gasteiger partial charge >= 0.3 is 0 Å². The first kappa shape index (κ1) is 28.8. The number of nitrogen functional groups attached to an aromatic ring is 1. The molecule has 4 rings (SSSR count). The van der Waals surface area contributed by atoms with E-state index in [4.69, 9.17) is 53.4 Å². The van der Waals surface area contributed by atoms with Crippen molar-refractivity contribution in [3.8, 4) is 11.1 Å². The van der Waals surface area contributed by atoms with Gasteiger partial charge in [-0.3, -0.25) is 31.1 Å². The van der Waals surface area contributed by atoms with Crippen molar-refractivity contribution in [2.75, 3.05) is 10.9 Å². The second kappa shape index (κ2) is 13.2. The summed E-state index contributed by atoms with van der Waals surface area (Å²) in [6.45, 7) is 0. The van der Waals surface area contributed by atoms with Gasteiger partial charge in [-0.15, -0.1) is 0 Å². The Morgan fingerprint density at radius 1 is 0.650 bits per heavy atom. The third-order valence-electron chi connectivity index (χ3n) is 5.48. The Balaban J connectivity index is 1.56. The Morgan fingerprint density at radius 3 is 1.55 bits per heavy atom. The number of carbonyl (C=O) groups is 2. The largest absolute Gasteiger partial charge is 0.398 e. The van der Waals surface area contributed by atoms with Gasteiger partial charge in [-0.05, 0) is 84.1 Å². The molecule has 2 amide bonds. The van der Waals surface area contributed by atoms with Gasteiger partial charge in [-0.2, -0.15) is 5.12 Å². The average molecular weight is 610 g/mol. The molecule has 0 spiro atoms. The third kappa shape index (κ3) is 7.45. The van der Waals surface area contributed by atoms with E-state index in [1.807, 2.05) is 6.07 Å². The lowest BCUT2D eigenvalue weighted by molar-refractivity contribution is 0.0969. The zero-order chi connectivity index (χ0) is 28.6. The first-order chi connectivity index (χ1) is 19.2. The molecule has 0 saturated heterocycles. The molecule has 40 heavy (non-hydrogen) atoms. The smallest absolute Gasteiger partial charge is 0.257 e. The van der Waals surface area contributed by atoms with Crippen LogP contribution in [0.1, 0.15) is 20.7 Å². The van der Waals surface area contributed by atoms with Crippen LogP contribution in [0.4, 0.5) is 11.4 Å². The minimum Gasteiger partial charge on any atom is -0.398 e. The molecule has 0 fully saturated rings. The van der Waals surface area contributed by atoms with Gasteiger partial charge in [0.25, 0.3) is 11.8 Å². The summed E-state index contributed by atoms with van der Waals surface area (Å²) in [5, 5.41) is 7.11. The molecular formula is C28H22Cl2N6O2S2. The summed E-state index contributed by atoms with van der Waals surface area (Å²) < 4.78 is 0. The number of thiocarbonyl (C=S) groups is 2. The maximum atomic E-state index is 12.6. The number of amides is 2. The number of nitrogens with zero attached hydrogens (tertiary/aromatic N) is 1. The number of nitrogens with one attached hydrogen (secondary N) is 4. The minimum absolute atomic E-state index is 0.0519. The zero-order valence-electron chi connectivity index (χ0n) is 20.7. The molecule has 6 N–H and O–H groups in total. The van der Waals surface area contributed by atoms with E-state index in [1.54, 1.807) is 91.0 Å². The molecule has 12 heteroatoms.